The maximum Gasteiger partial charge on any atom is 0.472 e. The van der Waals surface area contributed by atoms with Gasteiger partial charge >= 0.3 is 7.82 Å². The smallest absolute Gasteiger partial charge is 0.387 e. The molecule has 0 fully saturated rings. The summed E-state index contributed by atoms with van der Waals surface area (Å²) in [5, 5.41) is 13.9. The van der Waals surface area contributed by atoms with Crippen molar-refractivity contribution in [1.82, 2.24) is 5.32 Å². The number of quaternary nitrogens is 1. The molecule has 9 heteroatoms. The Bertz CT molecular complexity index is 1400. The van der Waals surface area contributed by atoms with Gasteiger partial charge in [-0.05, 0) is 77.0 Å². The van der Waals surface area contributed by atoms with E-state index in [1.54, 1.807) is 6.08 Å². The highest BCUT2D eigenvalue weighted by Gasteiger charge is 2.27. The fraction of sp³-hybridized carbons (Fsp3) is 0.833. The molecule has 0 aliphatic rings. The minimum atomic E-state index is -4.36. The molecule has 3 atom stereocenters. The Hall–Kier alpha value is -1.80. The third-order valence-electron chi connectivity index (χ3n) is 14.4. The zero-order valence-corrected chi connectivity index (χ0v) is 51.2. The van der Waals surface area contributed by atoms with Crippen LogP contribution < -0.4 is 5.32 Å². The van der Waals surface area contributed by atoms with Gasteiger partial charge < -0.3 is 19.8 Å². The molecule has 0 saturated carbocycles. The maximum absolute atomic E-state index is 13.0. The van der Waals surface area contributed by atoms with Crippen molar-refractivity contribution >= 4 is 13.7 Å². The lowest BCUT2D eigenvalue weighted by Crippen LogP contribution is -2.45. The van der Waals surface area contributed by atoms with E-state index in [1.807, 2.05) is 27.2 Å². The number of nitrogens with one attached hydrogen (secondary N) is 1. The van der Waals surface area contributed by atoms with E-state index < -0.39 is 20.0 Å². The van der Waals surface area contributed by atoms with Gasteiger partial charge in [0.15, 0.2) is 0 Å². The fourth-order valence-electron chi connectivity index (χ4n) is 9.40. The van der Waals surface area contributed by atoms with Crippen LogP contribution in [0.3, 0.4) is 0 Å². The van der Waals surface area contributed by atoms with E-state index in [4.69, 9.17) is 9.05 Å². The molecule has 8 nitrogen and oxygen atoms in total. The lowest BCUT2D eigenvalue weighted by atomic mass is 10.0. The van der Waals surface area contributed by atoms with Crippen molar-refractivity contribution in [3.63, 3.8) is 0 Å². The predicted molar refractivity (Wildman–Crippen MR) is 327 cm³/mol. The van der Waals surface area contributed by atoms with Crippen molar-refractivity contribution in [2.24, 2.45) is 0 Å². The number of allylic oxidation sites excluding steroid dienone is 9. The first-order valence-electron chi connectivity index (χ1n) is 32.2. The van der Waals surface area contributed by atoms with Crippen LogP contribution in [0, 0.1) is 0 Å². The van der Waals surface area contributed by atoms with Crippen LogP contribution in [0.5, 0.6) is 0 Å². The largest absolute Gasteiger partial charge is 0.472 e. The number of rotatable bonds is 59. The Morgan fingerprint density at radius 2 is 0.773 bits per heavy atom. The second kappa shape index (κ2) is 56.9. The predicted octanol–water partition coefficient (Wildman–Crippen LogP) is 20.0. The summed E-state index contributed by atoms with van der Waals surface area (Å²) in [7, 11) is 1.55. The summed E-state index contributed by atoms with van der Waals surface area (Å²) in [5.41, 5.74) is 0. The average molecular weight is 1070 g/mol. The molecule has 3 N–H and O–H groups in total. The first-order valence-corrected chi connectivity index (χ1v) is 33.7. The van der Waals surface area contributed by atoms with Crippen LogP contribution in [0.2, 0.25) is 0 Å². The highest BCUT2D eigenvalue weighted by molar-refractivity contribution is 7.47. The van der Waals surface area contributed by atoms with Gasteiger partial charge in [-0.3, -0.25) is 13.8 Å². The molecular weight excluding hydrogens is 948 g/mol. The third kappa shape index (κ3) is 59.7. The SMILES string of the molecule is CCCCCCC/C=C\C/C=C\CCCCCCCCCCCCCCCCCCCCCCCC(=O)NC(COP(=O)(O)OCC[N+](C)(C)C)C(O)/C=C/CC/C=C/CC/C=C/CCCCCCCCCCCC. The van der Waals surface area contributed by atoms with E-state index in [0.29, 0.717) is 17.4 Å². The zero-order valence-electron chi connectivity index (χ0n) is 50.3. The summed E-state index contributed by atoms with van der Waals surface area (Å²) in [5.74, 6) is -0.187. The van der Waals surface area contributed by atoms with Crippen LogP contribution in [-0.4, -0.2) is 73.4 Å². The highest BCUT2D eigenvalue weighted by atomic mass is 31.2. The molecule has 0 rings (SSSR count). The van der Waals surface area contributed by atoms with Crippen molar-refractivity contribution in [1.29, 1.82) is 0 Å². The molecule has 0 aromatic carbocycles. The molecule has 440 valence electrons. The van der Waals surface area contributed by atoms with Gasteiger partial charge in [-0.1, -0.05) is 280 Å². The third-order valence-corrected chi connectivity index (χ3v) is 15.4. The highest BCUT2D eigenvalue weighted by Crippen LogP contribution is 2.43. The molecule has 75 heavy (non-hydrogen) atoms. The van der Waals surface area contributed by atoms with Crippen molar-refractivity contribution in [3.8, 4) is 0 Å². The Balaban J connectivity index is 4.10. The number of hydrogen-bond donors (Lipinski definition) is 3. The van der Waals surface area contributed by atoms with Crippen LogP contribution in [0.15, 0.2) is 60.8 Å². The summed E-state index contributed by atoms with van der Waals surface area (Å²) in [6.07, 6.45) is 77.8. The first kappa shape index (κ1) is 73.2. The van der Waals surface area contributed by atoms with Gasteiger partial charge in [0.25, 0.3) is 0 Å². The molecule has 0 aromatic rings. The number of carbonyl (C=O) groups is 1. The molecule has 1 amide bonds. The number of carbonyl (C=O) groups excluding carboxylic acids is 1. The quantitative estimate of drug-likeness (QED) is 0.0243. The number of likely N-dealkylation sites (N-methyl/N-ethyl adjacent to an activating group) is 1. The van der Waals surface area contributed by atoms with E-state index in [9.17, 15) is 19.4 Å². The normalized spacial score (nSPS) is 14.2. The number of unbranched alkanes of at least 4 members (excludes halogenated alkanes) is 38. The monoisotopic (exact) mass is 1070 g/mol. The van der Waals surface area contributed by atoms with Crippen molar-refractivity contribution < 1.29 is 32.9 Å². The van der Waals surface area contributed by atoms with Crippen LogP contribution >= 0.6 is 7.82 Å². The molecule has 3 unspecified atom stereocenters. The van der Waals surface area contributed by atoms with Crippen molar-refractivity contribution in [2.75, 3.05) is 40.9 Å². The van der Waals surface area contributed by atoms with Gasteiger partial charge in [0.2, 0.25) is 5.91 Å². The molecule has 0 heterocycles. The lowest BCUT2D eigenvalue weighted by Gasteiger charge is -2.25. The standard InChI is InChI=1S/C66H125N2O6P/c1-6-8-10-12-14-16-18-20-22-24-26-28-29-30-31-32-33-34-35-36-37-38-39-40-42-44-46-48-50-52-54-56-58-60-66(70)67-64(63-74-75(71,72)73-62-61-68(3,4)5)65(69)59-57-55-53-51-49-47-45-43-41-27-25-23-21-19-17-15-13-11-9-7-2/h18,20,24,26,41,43,49,51,57,59,64-65,69H,6-17,19,21-23,25,27-40,42,44-48,50,52-56,58,60-63H2,1-5H3,(H-,67,70,71,72)/p+1/b20-18-,26-24-,43-41+,51-49+,59-57+. The van der Waals surface area contributed by atoms with Crippen LogP contribution in [0.1, 0.15) is 303 Å². The lowest BCUT2D eigenvalue weighted by molar-refractivity contribution is -0.870. The summed E-state index contributed by atoms with van der Waals surface area (Å²) < 4.78 is 23.7. The van der Waals surface area contributed by atoms with Gasteiger partial charge in [-0.2, -0.15) is 0 Å². The van der Waals surface area contributed by atoms with Crippen molar-refractivity contribution in [2.45, 2.75) is 315 Å². The van der Waals surface area contributed by atoms with Gasteiger partial charge in [0.1, 0.15) is 13.2 Å². The minimum absolute atomic E-state index is 0.0535. The van der Waals surface area contributed by atoms with Gasteiger partial charge in [0.05, 0.1) is 39.9 Å². The van der Waals surface area contributed by atoms with Gasteiger partial charge in [-0.25, -0.2) is 4.57 Å². The Morgan fingerprint density at radius 1 is 0.453 bits per heavy atom. The Kier molecular flexibility index (Phi) is 55.5. The number of aliphatic hydroxyl groups is 1. The number of amides is 1. The molecule has 0 bridgehead atoms. The molecule has 0 aromatic heterocycles. The topological polar surface area (TPSA) is 105 Å². The summed E-state index contributed by atoms with van der Waals surface area (Å²) in [6.45, 7) is 4.80. The first-order chi connectivity index (χ1) is 36.5. The molecule has 0 aliphatic heterocycles. The fourth-order valence-corrected chi connectivity index (χ4v) is 10.1. The van der Waals surface area contributed by atoms with Crippen molar-refractivity contribution in [3.05, 3.63) is 60.8 Å². The molecule has 0 aliphatic carbocycles. The van der Waals surface area contributed by atoms with E-state index >= 15 is 0 Å². The summed E-state index contributed by atoms with van der Waals surface area (Å²) in [6, 6.07) is -0.871. The molecular formula is C66H126N2O6P+. The van der Waals surface area contributed by atoms with Crippen LogP contribution in [0.4, 0.5) is 0 Å². The second-order valence-corrected chi connectivity index (χ2v) is 24.6. The van der Waals surface area contributed by atoms with E-state index in [-0.39, 0.29) is 19.1 Å². The maximum atomic E-state index is 13.0. The molecule has 0 saturated heterocycles. The van der Waals surface area contributed by atoms with Gasteiger partial charge in [-0.15, -0.1) is 0 Å². The number of aliphatic hydroxyl groups excluding tert-OH is 1. The van der Waals surface area contributed by atoms with E-state index in [1.165, 1.54) is 231 Å². The molecule has 0 radical (unpaired) electrons. The van der Waals surface area contributed by atoms with E-state index in [2.05, 4.69) is 67.8 Å². The zero-order chi connectivity index (χ0) is 54.9. The number of phosphoric acid groups is 1. The summed E-state index contributed by atoms with van der Waals surface area (Å²) in [4.78, 5) is 23.3. The Morgan fingerprint density at radius 3 is 1.15 bits per heavy atom. The van der Waals surface area contributed by atoms with Crippen LogP contribution in [-0.2, 0) is 18.4 Å². The summed E-state index contributed by atoms with van der Waals surface area (Å²) >= 11 is 0. The van der Waals surface area contributed by atoms with Gasteiger partial charge in [0, 0.05) is 6.42 Å². The average Bonchev–Trinajstić information content (AvgIpc) is 3.37. The minimum Gasteiger partial charge on any atom is -0.387 e. The second-order valence-electron chi connectivity index (χ2n) is 23.1. The number of hydrogen-bond acceptors (Lipinski definition) is 5. The number of nitrogens with zero attached hydrogens (tertiary/aromatic N) is 1. The molecule has 0 spiro atoms. The Labute approximate surface area is 466 Å². The van der Waals surface area contributed by atoms with Crippen LogP contribution in [0.25, 0.3) is 0 Å². The number of phosphoric ester groups is 1. The van der Waals surface area contributed by atoms with E-state index in [0.717, 1.165) is 51.4 Å².